The molecule has 0 aliphatic carbocycles. The van der Waals surface area contributed by atoms with Gasteiger partial charge in [0.1, 0.15) is 0 Å². The highest BCUT2D eigenvalue weighted by molar-refractivity contribution is 5.91. The van der Waals surface area contributed by atoms with Crippen LogP contribution in [0.15, 0.2) is 188 Å². The first-order chi connectivity index (χ1) is 24.7. The van der Waals surface area contributed by atoms with E-state index in [4.69, 9.17) is 9.97 Å². The normalized spacial score (nSPS) is 11.2. The Morgan fingerprint density at radius 1 is 0.280 bits per heavy atom. The topological polar surface area (TPSA) is 38.7 Å². The van der Waals surface area contributed by atoms with Crippen molar-refractivity contribution in [2.24, 2.45) is 0 Å². The maximum absolute atomic E-state index is 4.99. The molecule has 7 aromatic carbocycles. The van der Waals surface area contributed by atoms with Gasteiger partial charge in [-0.2, -0.15) is 0 Å². The van der Waals surface area contributed by atoms with Gasteiger partial charge in [0.2, 0.25) is 0 Å². The second kappa shape index (κ2) is 12.7. The van der Waals surface area contributed by atoms with Gasteiger partial charge in [0, 0.05) is 33.8 Å². The van der Waals surface area contributed by atoms with Gasteiger partial charge in [0.25, 0.3) is 0 Å². The number of hydrogen-bond acceptors (Lipinski definition) is 3. The van der Waals surface area contributed by atoms with Crippen molar-refractivity contribution < 1.29 is 0 Å². The Morgan fingerprint density at radius 3 is 1.32 bits per heavy atom. The van der Waals surface area contributed by atoms with Gasteiger partial charge in [-0.05, 0) is 68.9 Å². The predicted octanol–water partition coefficient (Wildman–Crippen LogP) is 12.2. The maximum Gasteiger partial charge on any atom is 0.160 e. The molecule has 0 spiro atoms. The number of benzene rings is 7. The highest BCUT2D eigenvalue weighted by atomic mass is 14.9. The van der Waals surface area contributed by atoms with Gasteiger partial charge < -0.3 is 0 Å². The quantitative estimate of drug-likeness (QED) is 0.182. The van der Waals surface area contributed by atoms with Crippen molar-refractivity contribution in [3.05, 3.63) is 188 Å². The molecule has 2 heterocycles. The van der Waals surface area contributed by atoms with Crippen LogP contribution in [0, 0.1) is 0 Å². The molecule has 50 heavy (non-hydrogen) atoms. The van der Waals surface area contributed by atoms with E-state index in [1.165, 1.54) is 33.0 Å². The van der Waals surface area contributed by atoms with Crippen LogP contribution >= 0.6 is 0 Å². The minimum absolute atomic E-state index is 0.720. The van der Waals surface area contributed by atoms with Crippen LogP contribution < -0.4 is 0 Å². The standard InChI is InChI=1S/C47H31N3/c1-3-9-35(10-4-1)45-30-46(50-47(49-45)37-11-5-2-6-12-37)36-21-19-33(20-22-36)39-24-26-40-27-38(23-25-41(40)28-39)32-15-17-34(18-16-32)43-29-42-13-7-8-14-44(42)48-31-43/h1-31H. The van der Waals surface area contributed by atoms with Crippen LogP contribution in [0.4, 0.5) is 0 Å². The molecule has 0 atom stereocenters. The Kier molecular flexibility index (Phi) is 7.49. The van der Waals surface area contributed by atoms with Crippen molar-refractivity contribution in [1.82, 2.24) is 15.0 Å². The third-order valence-corrected chi connectivity index (χ3v) is 9.32. The lowest BCUT2D eigenvalue weighted by Gasteiger charge is -2.11. The summed E-state index contributed by atoms with van der Waals surface area (Å²) in [5.41, 5.74) is 13.0. The summed E-state index contributed by atoms with van der Waals surface area (Å²) in [5, 5.41) is 3.58. The van der Waals surface area contributed by atoms with Crippen LogP contribution in [-0.2, 0) is 0 Å². The lowest BCUT2D eigenvalue weighted by atomic mass is 9.96. The largest absolute Gasteiger partial charge is 0.256 e. The van der Waals surface area contributed by atoms with E-state index in [1.54, 1.807) is 0 Å². The monoisotopic (exact) mass is 637 g/mol. The van der Waals surface area contributed by atoms with Gasteiger partial charge in [-0.15, -0.1) is 0 Å². The molecule has 9 aromatic rings. The van der Waals surface area contributed by atoms with E-state index in [-0.39, 0.29) is 0 Å². The van der Waals surface area contributed by atoms with Crippen molar-refractivity contribution in [1.29, 1.82) is 0 Å². The molecule has 9 rings (SSSR count). The third-order valence-electron chi connectivity index (χ3n) is 9.32. The summed E-state index contributed by atoms with van der Waals surface area (Å²) in [6, 6.07) is 63.9. The molecule has 0 aliphatic rings. The van der Waals surface area contributed by atoms with E-state index in [0.717, 1.165) is 55.9 Å². The number of rotatable bonds is 6. The molecule has 0 radical (unpaired) electrons. The Hall–Kier alpha value is -6.71. The van der Waals surface area contributed by atoms with Gasteiger partial charge >= 0.3 is 0 Å². The molecule has 3 nitrogen and oxygen atoms in total. The smallest absolute Gasteiger partial charge is 0.160 e. The second-order valence-corrected chi connectivity index (χ2v) is 12.5. The fraction of sp³-hybridized carbons (Fsp3) is 0. The zero-order valence-electron chi connectivity index (χ0n) is 27.2. The number of nitrogens with zero attached hydrogens (tertiary/aromatic N) is 3. The molecule has 0 saturated heterocycles. The first-order valence-corrected chi connectivity index (χ1v) is 16.8. The van der Waals surface area contributed by atoms with Crippen molar-refractivity contribution in [3.63, 3.8) is 0 Å². The van der Waals surface area contributed by atoms with Gasteiger partial charge in [0.05, 0.1) is 16.9 Å². The number of para-hydroxylation sites is 1. The number of hydrogen-bond donors (Lipinski definition) is 0. The molecule has 0 amide bonds. The molecule has 2 aromatic heterocycles. The summed E-state index contributed by atoms with van der Waals surface area (Å²) in [7, 11) is 0. The molecule has 3 heteroatoms. The minimum atomic E-state index is 0.720. The highest BCUT2D eigenvalue weighted by Crippen LogP contribution is 2.33. The van der Waals surface area contributed by atoms with Crippen molar-refractivity contribution in [2.45, 2.75) is 0 Å². The summed E-state index contributed by atoms with van der Waals surface area (Å²) < 4.78 is 0. The van der Waals surface area contributed by atoms with E-state index in [2.05, 4.69) is 138 Å². The lowest BCUT2D eigenvalue weighted by Crippen LogP contribution is -1.95. The minimum Gasteiger partial charge on any atom is -0.256 e. The van der Waals surface area contributed by atoms with Crippen molar-refractivity contribution >= 4 is 21.7 Å². The van der Waals surface area contributed by atoms with Crippen LogP contribution in [0.1, 0.15) is 0 Å². The molecule has 0 aliphatic heterocycles. The second-order valence-electron chi connectivity index (χ2n) is 12.5. The first kappa shape index (κ1) is 29.4. The zero-order valence-corrected chi connectivity index (χ0v) is 27.2. The summed E-state index contributed by atoms with van der Waals surface area (Å²) in [4.78, 5) is 14.6. The van der Waals surface area contributed by atoms with Crippen molar-refractivity contribution in [2.75, 3.05) is 0 Å². The average molecular weight is 638 g/mol. The van der Waals surface area contributed by atoms with Gasteiger partial charge in [-0.3, -0.25) is 4.98 Å². The number of aromatic nitrogens is 3. The lowest BCUT2D eigenvalue weighted by molar-refractivity contribution is 1.18. The summed E-state index contributed by atoms with van der Waals surface area (Å²) in [5.74, 6) is 0.720. The molecule has 234 valence electrons. The molecule has 0 fully saturated rings. The molecule has 0 unspecified atom stereocenters. The van der Waals surface area contributed by atoms with E-state index < -0.39 is 0 Å². The Morgan fingerprint density at radius 2 is 0.720 bits per heavy atom. The van der Waals surface area contributed by atoms with E-state index in [9.17, 15) is 0 Å². The van der Waals surface area contributed by atoms with Crippen LogP contribution in [0.3, 0.4) is 0 Å². The summed E-state index contributed by atoms with van der Waals surface area (Å²) >= 11 is 0. The van der Waals surface area contributed by atoms with Gasteiger partial charge in [-0.25, -0.2) is 9.97 Å². The molecule has 0 saturated carbocycles. The van der Waals surface area contributed by atoms with E-state index in [1.807, 2.05) is 54.7 Å². The van der Waals surface area contributed by atoms with E-state index in [0.29, 0.717) is 0 Å². The van der Waals surface area contributed by atoms with Gasteiger partial charge in [-0.1, -0.05) is 152 Å². The van der Waals surface area contributed by atoms with Crippen molar-refractivity contribution in [3.8, 4) is 67.3 Å². The number of fused-ring (bicyclic) bond motifs is 2. The summed E-state index contributed by atoms with van der Waals surface area (Å²) in [6.07, 6.45) is 1.96. The van der Waals surface area contributed by atoms with Crippen LogP contribution in [0.25, 0.3) is 89.0 Å². The fourth-order valence-corrected chi connectivity index (χ4v) is 6.59. The van der Waals surface area contributed by atoms with Crippen LogP contribution in [-0.4, -0.2) is 15.0 Å². The first-order valence-electron chi connectivity index (χ1n) is 16.8. The Balaban J connectivity index is 0.980. The Labute approximate surface area is 291 Å². The summed E-state index contributed by atoms with van der Waals surface area (Å²) in [6.45, 7) is 0. The average Bonchev–Trinajstić information content (AvgIpc) is 3.21. The fourth-order valence-electron chi connectivity index (χ4n) is 6.59. The van der Waals surface area contributed by atoms with Crippen LogP contribution in [0.2, 0.25) is 0 Å². The maximum atomic E-state index is 4.99. The molecule has 0 N–H and O–H groups in total. The third kappa shape index (κ3) is 5.82. The highest BCUT2D eigenvalue weighted by Gasteiger charge is 2.11. The SMILES string of the molecule is c1ccc(-c2cc(-c3ccc(-c4ccc5cc(-c6ccc(-c7cnc8ccccc8c7)cc6)ccc5c4)cc3)nc(-c3ccccc3)n2)cc1. The van der Waals surface area contributed by atoms with Gasteiger partial charge in [0.15, 0.2) is 5.82 Å². The van der Waals surface area contributed by atoms with Crippen LogP contribution in [0.5, 0.6) is 0 Å². The molecule has 0 bridgehead atoms. The Bertz CT molecular complexity index is 2550. The molecular formula is C47H31N3. The zero-order chi connectivity index (χ0) is 33.3. The number of pyridine rings is 1. The predicted molar refractivity (Wildman–Crippen MR) is 207 cm³/mol. The van der Waals surface area contributed by atoms with E-state index >= 15 is 0 Å². The molecular weight excluding hydrogens is 607 g/mol.